The van der Waals surface area contributed by atoms with Crippen LogP contribution in [0.15, 0.2) is 12.2 Å². The van der Waals surface area contributed by atoms with Crippen LogP contribution in [0.1, 0.15) is 68.2 Å². The highest BCUT2D eigenvalue weighted by Gasteiger charge is 2.53. The molecule has 1 saturated heterocycles. The van der Waals surface area contributed by atoms with Crippen LogP contribution in [0.4, 0.5) is 4.79 Å². The fraction of sp³-hybridized carbons (Fsp3) is 0.783. The molecule has 9 heteroatoms. The molecule has 5 atom stereocenters. The molecule has 0 aliphatic carbocycles. The summed E-state index contributed by atoms with van der Waals surface area (Å²) in [6.45, 7) is 13.2. The van der Waals surface area contributed by atoms with Gasteiger partial charge >= 0.3 is 12.1 Å². The Labute approximate surface area is 191 Å². The molecule has 1 heterocycles. The molecule has 1 rings (SSSR count). The highest BCUT2D eigenvalue weighted by Crippen LogP contribution is 2.37. The molecule has 1 aliphatic heterocycles. The maximum atomic E-state index is 13.3. The number of carbonyl (C=O) groups is 3. The Morgan fingerprint density at radius 2 is 1.69 bits per heavy atom. The summed E-state index contributed by atoms with van der Waals surface area (Å²) >= 11 is 0. The van der Waals surface area contributed by atoms with Crippen molar-refractivity contribution in [1.82, 2.24) is 10.2 Å². The summed E-state index contributed by atoms with van der Waals surface area (Å²) < 4.78 is 11.2. The van der Waals surface area contributed by atoms with Crippen molar-refractivity contribution in [2.24, 2.45) is 5.92 Å². The predicted molar refractivity (Wildman–Crippen MR) is 120 cm³/mol. The van der Waals surface area contributed by atoms with E-state index >= 15 is 0 Å². The van der Waals surface area contributed by atoms with E-state index in [2.05, 4.69) is 5.32 Å². The number of esters is 1. The molecule has 0 aromatic heterocycles. The zero-order chi connectivity index (χ0) is 24.9. The Hall–Kier alpha value is -2.13. The van der Waals surface area contributed by atoms with Gasteiger partial charge in [-0.25, -0.2) is 9.59 Å². The zero-order valence-electron chi connectivity index (χ0n) is 20.5. The third-order valence-corrected chi connectivity index (χ3v) is 4.89. The monoisotopic (exact) mass is 456 g/mol. The number of rotatable bonds is 7. The predicted octanol–water partition coefficient (Wildman–Crippen LogP) is 2.15. The van der Waals surface area contributed by atoms with E-state index in [4.69, 9.17) is 9.47 Å². The van der Waals surface area contributed by atoms with Gasteiger partial charge in [-0.1, -0.05) is 12.2 Å². The maximum Gasteiger partial charge on any atom is 0.411 e. The van der Waals surface area contributed by atoms with E-state index in [0.29, 0.717) is 0 Å². The average molecular weight is 457 g/mol. The van der Waals surface area contributed by atoms with Gasteiger partial charge in [0.1, 0.15) is 17.2 Å². The summed E-state index contributed by atoms with van der Waals surface area (Å²) in [5, 5.41) is 22.8. The molecule has 0 radical (unpaired) electrons. The molecule has 0 aromatic carbocycles. The Kier molecular flexibility index (Phi) is 9.71. The number of nitrogens with one attached hydrogen (secondary N) is 1. The van der Waals surface area contributed by atoms with E-state index in [1.165, 1.54) is 11.8 Å². The summed E-state index contributed by atoms with van der Waals surface area (Å²) in [4.78, 5) is 39.6. The summed E-state index contributed by atoms with van der Waals surface area (Å²) in [6.07, 6.45) is 1.98. The van der Waals surface area contributed by atoms with Crippen LogP contribution in [0.2, 0.25) is 0 Å². The number of nitrogens with zero attached hydrogens (tertiary/aromatic N) is 1. The number of allylic oxidation sites excluding steroid dienone is 1. The first kappa shape index (κ1) is 27.9. The number of likely N-dealkylation sites (tertiary alicyclic amines) is 1. The second kappa shape index (κ2) is 11.1. The molecule has 0 bridgehead atoms. The molecular weight excluding hydrogens is 416 g/mol. The number of carbonyl (C=O) groups excluding carboxylic acids is 3. The van der Waals surface area contributed by atoms with Crippen LogP contribution in [0.3, 0.4) is 0 Å². The van der Waals surface area contributed by atoms with Crippen LogP contribution < -0.4 is 5.32 Å². The smallest absolute Gasteiger partial charge is 0.411 e. The lowest BCUT2D eigenvalue weighted by Gasteiger charge is -2.39. The molecule has 0 aromatic rings. The van der Waals surface area contributed by atoms with Crippen molar-refractivity contribution in [2.75, 3.05) is 6.61 Å². The quantitative estimate of drug-likeness (QED) is 0.396. The number of amides is 2. The molecule has 1 fully saturated rings. The second-order valence-corrected chi connectivity index (χ2v) is 10.2. The molecule has 32 heavy (non-hydrogen) atoms. The van der Waals surface area contributed by atoms with E-state index in [-0.39, 0.29) is 25.4 Å². The first-order valence-electron chi connectivity index (χ1n) is 11.0. The molecule has 0 saturated carbocycles. The topological polar surface area (TPSA) is 125 Å². The third kappa shape index (κ3) is 8.09. The normalized spacial score (nSPS) is 23.7. The number of ether oxygens (including phenoxy) is 2. The largest absolute Gasteiger partial charge is 0.458 e. The van der Waals surface area contributed by atoms with Gasteiger partial charge in [0.15, 0.2) is 0 Å². The highest BCUT2D eigenvalue weighted by molar-refractivity contribution is 5.83. The molecule has 1 aliphatic rings. The van der Waals surface area contributed by atoms with Gasteiger partial charge in [-0.15, -0.1) is 0 Å². The van der Waals surface area contributed by atoms with Crippen molar-refractivity contribution in [1.29, 1.82) is 0 Å². The molecule has 2 amide bonds. The van der Waals surface area contributed by atoms with Crippen LogP contribution in [-0.2, 0) is 19.1 Å². The van der Waals surface area contributed by atoms with Crippen molar-refractivity contribution in [2.45, 2.75) is 104 Å². The molecule has 9 nitrogen and oxygen atoms in total. The summed E-state index contributed by atoms with van der Waals surface area (Å²) in [5.41, 5.74) is -1.59. The third-order valence-electron chi connectivity index (χ3n) is 4.89. The minimum Gasteiger partial charge on any atom is -0.458 e. The van der Waals surface area contributed by atoms with Gasteiger partial charge in [0, 0.05) is 19.4 Å². The first-order valence-corrected chi connectivity index (χ1v) is 11.0. The van der Waals surface area contributed by atoms with Crippen molar-refractivity contribution in [3.05, 3.63) is 12.2 Å². The van der Waals surface area contributed by atoms with E-state index in [9.17, 15) is 24.6 Å². The summed E-state index contributed by atoms with van der Waals surface area (Å²) in [6, 6.07) is -2.68. The number of hydrogen-bond acceptors (Lipinski definition) is 7. The fourth-order valence-corrected chi connectivity index (χ4v) is 3.90. The van der Waals surface area contributed by atoms with E-state index in [0.717, 1.165) is 0 Å². The number of aliphatic hydroxyl groups is 2. The first-order chi connectivity index (χ1) is 14.6. The van der Waals surface area contributed by atoms with Gasteiger partial charge < -0.3 is 25.0 Å². The van der Waals surface area contributed by atoms with Gasteiger partial charge in [0.05, 0.1) is 18.2 Å². The minimum atomic E-state index is -1.15. The molecular formula is C23H40N2O7. The van der Waals surface area contributed by atoms with Gasteiger partial charge in [0.2, 0.25) is 5.91 Å². The van der Waals surface area contributed by atoms with E-state index in [1.807, 2.05) is 13.0 Å². The lowest BCUT2D eigenvalue weighted by atomic mass is 9.89. The molecule has 3 N–H and O–H groups in total. The van der Waals surface area contributed by atoms with Crippen LogP contribution in [0, 0.1) is 5.92 Å². The van der Waals surface area contributed by atoms with Gasteiger partial charge in [-0.3, -0.25) is 9.69 Å². The van der Waals surface area contributed by atoms with Crippen molar-refractivity contribution >= 4 is 18.0 Å². The molecule has 0 unspecified atom stereocenters. The Bertz CT molecular complexity index is 693. The fourth-order valence-electron chi connectivity index (χ4n) is 3.90. The van der Waals surface area contributed by atoms with Crippen LogP contribution in [0.25, 0.3) is 0 Å². The summed E-state index contributed by atoms with van der Waals surface area (Å²) in [5.74, 6) is -1.36. The molecule has 0 spiro atoms. The zero-order valence-corrected chi connectivity index (χ0v) is 20.5. The Balaban J connectivity index is 3.55. The number of aliphatic hydroxyl groups excluding tert-OH is 2. The number of hydrogen-bond donors (Lipinski definition) is 3. The average Bonchev–Trinajstić information content (AvgIpc) is 2.96. The minimum absolute atomic E-state index is 0.0106. The van der Waals surface area contributed by atoms with Gasteiger partial charge in [0.25, 0.3) is 0 Å². The highest BCUT2D eigenvalue weighted by atomic mass is 16.6. The second-order valence-electron chi connectivity index (χ2n) is 10.2. The molecule has 184 valence electrons. The Morgan fingerprint density at radius 1 is 1.12 bits per heavy atom. The van der Waals surface area contributed by atoms with E-state index in [1.54, 1.807) is 47.6 Å². The maximum absolute atomic E-state index is 13.3. The van der Waals surface area contributed by atoms with Crippen LogP contribution in [0.5, 0.6) is 0 Å². The Morgan fingerprint density at radius 3 is 2.12 bits per heavy atom. The SMILES string of the molecule is C/C=C\[C@@H]1C[C@H](C(=O)OC(C)(C)C)N(C(=O)OC(C)(C)C)[C@H]1[C@@H](NC(C)=O)[C@H](O)CCO. The van der Waals surface area contributed by atoms with Crippen LogP contribution >= 0.6 is 0 Å². The summed E-state index contributed by atoms with van der Waals surface area (Å²) in [7, 11) is 0. The standard InChI is InChI=1S/C23H40N2O7/c1-9-10-15-13-16(20(29)31-22(3,4)5)25(21(30)32-23(6,7)8)19(15)18(24-14(2)27)17(28)11-12-26/h9-10,15-19,26,28H,11-13H2,1-8H3,(H,24,27)/b10-9-/t15-,16-,17-,18+,19-/m1/s1. The lowest BCUT2D eigenvalue weighted by molar-refractivity contribution is -0.160. The lowest BCUT2D eigenvalue weighted by Crippen LogP contribution is -2.60. The van der Waals surface area contributed by atoms with Crippen LogP contribution in [-0.4, -0.2) is 75.1 Å². The van der Waals surface area contributed by atoms with Crippen molar-refractivity contribution < 1.29 is 34.1 Å². The van der Waals surface area contributed by atoms with Crippen molar-refractivity contribution in [3.63, 3.8) is 0 Å². The van der Waals surface area contributed by atoms with Gasteiger partial charge in [-0.2, -0.15) is 0 Å². The van der Waals surface area contributed by atoms with Gasteiger partial charge in [-0.05, 0) is 61.3 Å². The van der Waals surface area contributed by atoms with E-state index < -0.39 is 53.4 Å². The van der Waals surface area contributed by atoms with Crippen molar-refractivity contribution in [3.8, 4) is 0 Å².